The van der Waals surface area contributed by atoms with Crippen LogP contribution in [0.25, 0.3) is 11.0 Å². The van der Waals surface area contributed by atoms with Crippen LogP contribution in [0.4, 0.5) is 4.39 Å². The number of halogens is 3. The van der Waals surface area contributed by atoms with E-state index in [-0.39, 0.29) is 54.4 Å². The van der Waals surface area contributed by atoms with Gasteiger partial charge in [-0.3, -0.25) is 14.4 Å². The summed E-state index contributed by atoms with van der Waals surface area (Å²) in [7, 11) is 1.49. The first kappa shape index (κ1) is 28.3. The summed E-state index contributed by atoms with van der Waals surface area (Å²) in [5.41, 5.74) is 1.25. The second-order valence-corrected chi connectivity index (χ2v) is 9.65. The molecule has 4 rings (SSSR count). The monoisotopic (exact) mass is 570 g/mol. The standard InChI is InChI=1S/C29H25Cl2FN2O5/c1-38-13-12-33(29(37)23-11-8-21(30)14-25(23)31)17-27(35)34(15-19-6-9-22(32)10-7-19)16-20-18-39-26-5-3-2-4-24(26)28(20)36/h2-11,14,18H,12-13,15-17H2,1H3. The van der Waals surface area contributed by atoms with Crippen molar-refractivity contribution in [1.82, 2.24) is 9.80 Å². The van der Waals surface area contributed by atoms with Crippen molar-refractivity contribution in [2.75, 3.05) is 26.8 Å². The number of fused-ring (bicyclic) bond motifs is 1. The Hall–Kier alpha value is -3.72. The van der Waals surface area contributed by atoms with Crippen LogP contribution in [0.2, 0.25) is 10.0 Å². The first-order chi connectivity index (χ1) is 18.8. The zero-order valence-electron chi connectivity index (χ0n) is 21.0. The van der Waals surface area contributed by atoms with E-state index < -0.39 is 17.6 Å². The number of nitrogens with zero attached hydrogens (tertiary/aromatic N) is 2. The fourth-order valence-corrected chi connectivity index (χ4v) is 4.52. The molecule has 0 fully saturated rings. The van der Waals surface area contributed by atoms with Gasteiger partial charge in [-0.1, -0.05) is 47.5 Å². The van der Waals surface area contributed by atoms with Gasteiger partial charge in [0.05, 0.1) is 41.0 Å². The van der Waals surface area contributed by atoms with Crippen molar-refractivity contribution in [2.24, 2.45) is 0 Å². The van der Waals surface area contributed by atoms with Crippen molar-refractivity contribution in [3.63, 3.8) is 0 Å². The predicted molar refractivity (Wildman–Crippen MR) is 147 cm³/mol. The van der Waals surface area contributed by atoms with Gasteiger partial charge >= 0.3 is 0 Å². The van der Waals surface area contributed by atoms with E-state index in [2.05, 4.69) is 0 Å². The van der Waals surface area contributed by atoms with E-state index in [9.17, 15) is 18.8 Å². The highest BCUT2D eigenvalue weighted by Gasteiger charge is 2.25. The molecule has 0 radical (unpaired) electrons. The minimum atomic E-state index is -0.478. The van der Waals surface area contributed by atoms with Gasteiger partial charge in [0.15, 0.2) is 5.43 Å². The number of carbonyl (C=O) groups is 2. The zero-order valence-corrected chi connectivity index (χ0v) is 22.5. The van der Waals surface area contributed by atoms with Gasteiger partial charge in [-0.2, -0.15) is 0 Å². The van der Waals surface area contributed by atoms with Gasteiger partial charge in [0.2, 0.25) is 5.91 Å². The maximum atomic E-state index is 13.7. The molecule has 0 spiro atoms. The van der Waals surface area contributed by atoms with E-state index in [4.69, 9.17) is 32.4 Å². The lowest BCUT2D eigenvalue weighted by Gasteiger charge is -2.28. The zero-order chi connectivity index (χ0) is 27.9. The van der Waals surface area contributed by atoms with Gasteiger partial charge in [0.1, 0.15) is 17.9 Å². The number of amides is 2. The molecule has 0 aliphatic rings. The predicted octanol–water partition coefficient (Wildman–Crippen LogP) is 5.56. The summed E-state index contributed by atoms with van der Waals surface area (Å²) in [4.78, 5) is 42.9. The molecular formula is C29H25Cl2FN2O5. The lowest BCUT2D eigenvalue weighted by Crippen LogP contribution is -2.44. The third-order valence-electron chi connectivity index (χ3n) is 6.09. The quantitative estimate of drug-likeness (QED) is 0.249. The van der Waals surface area contributed by atoms with Crippen molar-refractivity contribution in [1.29, 1.82) is 0 Å². The summed E-state index contributed by atoms with van der Waals surface area (Å²) in [5.74, 6) is -1.33. The van der Waals surface area contributed by atoms with Gasteiger partial charge in [0, 0.05) is 25.2 Å². The lowest BCUT2D eigenvalue weighted by molar-refractivity contribution is -0.133. The molecule has 0 aliphatic carbocycles. The van der Waals surface area contributed by atoms with Crippen LogP contribution >= 0.6 is 23.2 Å². The Balaban J connectivity index is 1.64. The Morgan fingerprint density at radius 3 is 2.44 bits per heavy atom. The third kappa shape index (κ3) is 7.03. The smallest absolute Gasteiger partial charge is 0.255 e. The molecule has 4 aromatic rings. The van der Waals surface area contributed by atoms with E-state index in [1.54, 1.807) is 36.4 Å². The molecule has 202 valence electrons. The van der Waals surface area contributed by atoms with E-state index in [0.29, 0.717) is 21.6 Å². The Kier molecular flexibility index (Phi) is 9.35. The topological polar surface area (TPSA) is 80.1 Å². The highest BCUT2D eigenvalue weighted by molar-refractivity contribution is 6.36. The number of hydrogen-bond acceptors (Lipinski definition) is 5. The Morgan fingerprint density at radius 1 is 0.974 bits per heavy atom. The van der Waals surface area contributed by atoms with Crippen LogP contribution in [0.5, 0.6) is 0 Å². The first-order valence-corrected chi connectivity index (χ1v) is 12.8. The summed E-state index contributed by atoms with van der Waals surface area (Å²) in [6.45, 7) is -0.0446. The molecule has 0 atom stereocenters. The molecule has 1 heterocycles. The van der Waals surface area contributed by atoms with Crippen molar-refractivity contribution in [3.05, 3.63) is 116 Å². The number of hydrogen-bond donors (Lipinski definition) is 0. The number of para-hydroxylation sites is 1. The number of methoxy groups -OCH3 is 1. The van der Waals surface area contributed by atoms with Gasteiger partial charge < -0.3 is 19.0 Å². The van der Waals surface area contributed by atoms with Crippen molar-refractivity contribution >= 4 is 46.0 Å². The molecule has 3 aromatic carbocycles. The summed E-state index contributed by atoms with van der Waals surface area (Å²) < 4.78 is 24.3. The lowest BCUT2D eigenvalue weighted by atomic mass is 10.1. The molecule has 0 saturated carbocycles. The van der Waals surface area contributed by atoms with Crippen LogP contribution in [0.15, 0.2) is 82.2 Å². The van der Waals surface area contributed by atoms with Crippen LogP contribution in [0.1, 0.15) is 21.5 Å². The second-order valence-electron chi connectivity index (χ2n) is 8.81. The van der Waals surface area contributed by atoms with E-state index in [0.717, 1.165) is 0 Å². The fraction of sp³-hybridized carbons (Fsp3) is 0.207. The van der Waals surface area contributed by atoms with E-state index in [1.165, 1.54) is 53.5 Å². The molecule has 0 bridgehead atoms. The molecule has 10 heteroatoms. The molecule has 7 nitrogen and oxygen atoms in total. The van der Waals surface area contributed by atoms with Crippen molar-refractivity contribution in [3.8, 4) is 0 Å². The maximum absolute atomic E-state index is 13.7. The molecule has 2 amide bonds. The van der Waals surface area contributed by atoms with Gasteiger partial charge in [-0.15, -0.1) is 0 Å². The van der Waals surface area contributed by atoms with E-state index >= 15 is 0 Å². The summed E-state index contributed by atoms with van der Waals surface area (Å²) in [6.07, 6.45) is 1.33. The maximum Gasteiger partial charge on any atom is 0.255 e. The average molecular weight is 571 g/mol. The van der Waals surface area contributed by atoms with Crippen LogP contribution in [0, 0.1) is 5.82 Å². The Bertz CT molecular complexity index is 1540. The number of ether oxygens (including phenoxy) is 1. The van der Waals surface area contributed by atoms with Crippen LogP contribution in [-0.4, -0.2) is 48.4 Å². The first-order valence-electron chi connectivity index (χ1n) is 12.0. The number of rotatable bonds is 10. The Morgan fingerprint density at radius 2 is 1.72 bits per heavy atom. The summed E-state index contributed by atoms with van der Waals surface area (Å²) >= 11 is 12.2. The highest BCUT2D eigenvalue weighted by Crippen LogP contribution is 2.23. The summed E-state index contributed by atoms with van der Waals surface area (Å²) in [6, 6.07) is 17.0. The highest BCUT2D eigenvalue weighted by atomic mass is 35.5. The van der Waals surface area contributed by atoms with Crippen LogP contribution in [-0.2, 0) is 22.6 Å². The van der Waals surface area contributed by atoms with Crippen molar-refractivity contribution in [2.45, 2.75) is 13.1 Å². The molecule has 0 saturated heterocycles. The van der Waals surface area contributed by atoms with Crippen molar-refractivity contribution < 1.29 is 23.1 Å². The second kappa shape index (κ2) is 12.9. The van der Waals surface area contributed by atoms with Gasteiger partial charge in [-0.25, -0.2) is 4.39 Å². The van der Waals surface area contributed by atoms with Gasteiger partial charge in [-0.05, 0) is 48.0 Å². The molecular weight excluding hydrogens is 546 g/mol. The summed E-state index contributed by atoms with van der Waals surface area (Å²) in [5, 5.41) is 0.911. The van der Waals surface area contributed by atoms with Crippen LogP contribution in [0.3, 0.4) is 0 Å². The van der Waals surface area contributed by atoms with Gasteiger partial charge in [0.25, 0.3) is 5.91 Å². The molecule has 0 aliphatic heterocycles. The van der Waals surface area contributed by atoms with E-state index in [1.807, 2.05) is 0 Å². The molecule has 1 aromatic heterocycles. The minimum Gasteiger partial charge on any atom is -0.464 e. The molecule has 0 N–H and O–H groups in total. The normalized spacial score (nSPS) is 11.0. The average Bonchev–Trinajstić information content (AvgIpc) is 2.93. The minimum absolute atomic E-state index is 0.0688. The SMILES string of the molecule is COCCN(CC(=O)N(Cc1ccc(F)cc1)Cc1coc2ccccc2c1=O)C(=O)c1ccc(Cl)cc1Cl. The van der Waals surface area contributed by atoms with Crippen LogP contribution < -0.4 is 5.43 Å². The molecule has 0 unspecified atom stereocenters. The Labute approximate surface area is 234 Å². The number of benzene rings is 3. The number of carbonyl (C=O) groups excluding carboxylic acids is 2. The molecule has 39 heavy (non-hydrogen) atoms. The third-order valence-corrected chi connectivity index (χ3v) is 6.64. The largest absolute Gasteiger partial charge is 0.464 e. The fourth-order valence-electron chi connectivity index (χ4n) is 4.03.